The van der Waals surface area contributed by atoms with Crippen LogP contribution in [0.5, 0.6) is 0 Å². The van der Waals surface area contributed by atoms with E-state index < -0.39 is 11.7 Å². The highest BCUT2D eigenvalue weighted by Gasteiger charge is 2.29. The second-order valence-corrected chi connectivity index (χ2v) is 5.81. The average Bonchev–Trinajstić information content (AvgIpc) is 2.53. The van der Waals surface area contributed by atoms with Crippen molar-refractivity contribution in [2.45, 2.75) is 19.6 Å². The molecule has 2 N–H and O–H groups in total. The van der Waals surface area contributed by atoms with Gasteiger partial charge < -0.3 is 15.5 Å². The lowest BCUT2D eigenvalue weighted by Gasteiger charge is -2.15. The molecule has 0 aliphatic rings. The van der Waals surface area contributed by atoms with Crippen LogP contribution in [0.15, 0.2) is 41.4 Å². The molecule has 0 aliphatic heterocycles. The topological polar surface area (TPSA) is 56.7 Å². The van der Waals surface area contributed by atoms with Crippen molar-refractivity contribution in [3.63, 3.8) is 0 Å². The van der Waals surface area contributed by atoms with Gasteiger partial charge in [-0.2, -0.15) is 13.2 Å². The maximum Gasteiger partial charge on any atom is 0.416 e. The number of aliphatic imine (C=N–C) groups is 1. The Morgan fingerprint density at radius 3 is 2.20 bits per heavy atom. The van der Waals surface area contributed by atoms with Crippen molar-refractivity contribution in [3.8, 4) is 0 Å². The van der Waals surface area contributed by atoms with Gasteiger partial charge in [0, 0.05) is 20.6 Å². The van der Waals surface area contributed by atoms with Crippen LogP contribution < -0.4 is 10.6 Å². The van der Waals surface area contributed by atoms with Crippen molar-refractivity contribution in [1.29, 1.82) is 0 Å². The van der Waals surface area contributed by atoms with Crippen LogP contribution in [0, 0.1) is 0 Å². The fourth-order valence-corrected chi connectivity index (χ4v) is 1.70. The molecule has 0 unspecified atom stereocenters. The van der Waals surface area contributed by atoms with E-state index in [0.717, 1.165) is 17.7 Å². The van der Waals surface area contributed by atoms with Gasteiger partial charge >= 0.3 is 6.18 Å². The van der Waals surface area contributed by atoms with Crippen LogP contribution in [0.4, 0.5) is 13.2 Å². The van der Waals surface area contributed by atoms with Gasteiger partial charge in [-0.1, -0.05) is 24.3 Å². The first-order chi connectivity index (χ1) is 11.6. The van der Waals surface area contributed by atoms with Gasteiger partial charge in [-0.05, 0) is 24.6 Å². The first-order valence-electron chi connectivity index (χ1n) is 7.62. The standard InChI is InChI=1S/C17H23F3N4O/c1-12(2)9-21-16(23-11-15(25)24(3)4)22-10-13-5-7-14(8-6-13)17(18,19)20/h5-8H,1,9-11H2,2-4H3,(H2,21,22,23). The molecule has 25 heavy (non-hydrogen) atoms. The zero-order valence-corrected chi connectivity index (χ0v) is 14.6. The van der Waals surface area contributed by atoms with E-state index in [1.54, 1.807) is 14.1 Å². The third-order valence-corrected chi connectivity index (χ3v) is 3.16. The van der Waals surface area contributed by atoms with E-state index in [9.17, 15) is 18.0 Å². The van der Waals surface area contributed by atoms with Crippen LogP contribution in [-0.2, 0) is 17.5 Å². The van der Waals surface area contributed by atoms with Crippen LogP contribution in [0.25, 0.3) is 0 Å². The van der Waals surface area contributed by atoms with Crippen LogP contribution in [-0.4, -0.2) is 44.0 Å². The van der Waals surface area contributed by atoms with E-state index in [1.165, 1.54) is 17.0 Å². The Hall–Kier alpha value is -2.51. The maximum absolute atomic E-state index is 12.6. The largest absolute Gasteiger partial charge is 0.416 e. The summed E-state index contributed by atoms with van der Waals surface area (Å²) in [6.45, 7) is 6.32. The lowest BCUT2D eigenvalue weighted by Crippen LogP contribution is -2.43. The molecular weight excluding hydrogens is 333 g/mol. The Kier molecular flexibility index (Phi) is 7.47. The van der Waals surface area contributed by atoms with Crippen LogP contribution >= 0.6 is 0 Å². The van der Waals surface area contributed by atoms with Crippen LogP contribution in [0.3, 0.4) is 0 Å². The Balaban J connectivity index is 2.75. The van der Waals surface area contributed by atoms with Crippen molar-refractivity contribution >= 4 is 11.9 Å². The minimum Gasteiger partial charge on any atom is -0.353 e. The Bertz CT molecular complexity index is 622. The SMILES string of the molecule is C=C(C)CNC(=NCc1ccc(C(F)(F)F)cc1)NCC(=O)N(C)C. The minimum absolute atomic E-state index is 0.0576. The lowest BCUT2D eigenvalue weighted by atomic mass is 10.1. The molecule has 1 aromatic rings. The summed E-state index contributed by atoms with van der Waals surface area (Å²) in [5, 5.41) is 5.90. The predicted molar refractivity (Wildman–Crippen MR) is 92.1 cm³/mol. The van der Waals surface area contributed by atoms with E-state index >= 15 is 0 Å². The van der Waals surface area contributed by atoms with Crippen molar-refractivity contribution < 1.29 is 18.0 Å². The molecule has 5 nitrogen and oxygen atoms in total. The van der Waals surface area contributed by atoms with Gasteiger partial charge in [0.1, 0.15) is 0 Å². The first-order valence-corrected chi connectivity index (χ1v) is 7.62. The lowest BCUT2D eigenvalue weighted by molar-refractivity contribution is -0.137. The van der Waals surface area contributed by atoms with E-state index in [2.05, 4.69) is 22.2 Å². The third-order valence-electron chi connectivity index (χ3n) is 3.16. The van der Waals surface area contributed by atoms with Crippen molar-refractivity contribution in [2.75, 3.05) is 27.2 Å². The monoisotopic (exact) mass is 356 g/mol. The Labute approximate surface area is 145 Å². The summed E-state index contributed by atoms with van der Waals surface area (Å²) in [7, 11) is 3.29. The molecular formula is C17H23F3N4O. The summed E-state index contributed by atoms with van der Waals surface area (Å²) in [5.41, 5.74) is 0.807. The number of amides is 1. The first kappa shape index (κ1) is 20.5. The van der Waals surface area contributed by atoms with Crippen LogP contribution in [0.1, 0.15) is 18.1 Å². The maximum atomic E-state index is 12.6. The number of rotatable bonds is 6. The fourth-order valence-electron chi connectivity index (χ4n) is 1.70. The number of guanidine groups is 1. The molecule has 1 rings (SSSR count). The average molecular weight is 356 g/mol. The quantitative estimate of drug-likeness (QED) is 0.468. The number of alkyl halides is 3. The molecule has 0 fully saturated rings. The van der Waals surface area contributed by atoms with E-state index in [1.807, 2.05) is 6.92 Å². The van der Waals surface area contributed by atoms with Gasteiger partial charge in [-0.15, -0.1) is 0 Å². The predicted octanol–water partition coefficient (Wildman–Crippen LogP) is 2.40. The number of carbonyl (C=O) groups is 1. The number of benzene rings is 1. The number of carbonyl (C=O) groups excluding carboxylic acids is 1. The molecule has 1 amide bonds. The molecule has 0 atom stereocenters. The zero-order valence-electron chi connectivity index (χ0n) is 14.6. The second kappa shape index (κ2) is 9.10. The van der Waals surface area contributed by atoms with Crippen molar-refractivity contribution in [2.24, 2.45) is 4.99 Å². The van der Waals surface area contributed by atoms with Crippen molar-refractivity contribution in [3.05, 3.63) is 47.5 Å². The molecule has 0 heterocycles. The van der Waals surface area contributed by atoms with Gasteiger partial charge in [0.15, 0.2) is 5.96 Å². The Morgan fingerprint density at radius 2 is 1.72 bits per heavy atom. The van der Waals surface area contributed by atoms with E-state index in [-0.39, 0.29) is 19.0 Å². The summed E-state index contributed by atoms with van der Waals surface area (Å²) in [5.74, 6) is 0.262. The number of nitrogens with zero attached hydrogens (tertiary/aromatic N) is 2. The summed E-state index contributed by atoms with van der Waals surface area (Å²) in [6.07, 6.45) is -4.36. The molecule has 0 spiro atoms. The molecule has 138 valence electrons. The highest BCUT2D eigenvalue weighted by atomic mass is 19.4. The number of halogens is 3. The summed E-state index contributed by atoms with van der Waals surface area (Å²) >= 11 is 0. The van der Waals surface area contributed by atoms with Crippen LogP contribution in [0.2, 0.25) is 0 Å². The molecule has 0 aromatic heterocycles. The molecule has 8 heteroatoms. The molecule has 0 saturated carbocycles. The molecule has 1 aromatic carbocycles. The number of nitrogens with one attached hydrogen (secondary N) is 2. The number of likely N-dealkylation sites (N-methyl/N-ethyl adjacent to an activating group) is 1. The van der Waals surface area contributed by atoms with Gasteiger partial charge in [-0.3, -0.25) is 4.79 Å². The zero-order chi connectivity index (χ0) is 19.0. The summed E-state index contributed by atoms with van der Waals surface area (Å²) < 4.78 is 37.7. The van der Waals surface area contributed by atoms with Gasteiger partial charge in [0.25, 0.3) is 0 Å². The Morgan fingerprint density at radius 1 is 1.16 bits per heavy atom. The minimum atomic E-state index is -4.36. The van der Waals surface area contributed by atoms with E-state index in [4.69, 9.17) is 0 Å². The fraction of sp³-hybridized carbons (Fsp3) is 0.412. The van der Waals surface area contributed by atoms with Gasteiger partial charge in [-0.25, -0.2) is 4.99 Å². The second-order valence-electron chi connectivity index (χ2n) is 5.81. The smallest absolute Gasteiger partial charge is 0.353 e. The number of hydrogen-bond donors (Lipinski definition) is 2. The van der Waals surface area contributed by atoms with E-state index in [0.29, 0.717) is 18.1 Å². The van der Waals surface area contributed by atoms with Gasteiger partial charge in [0.2, 0.25) is 5.91 Å². The molecule has 0 aliphatic carbocycles. The van der Waals surface area contributed by atoms with Gasteiger partial charge in [0.05, 0.1) is 18.7 Å². The third kappa shape index (κ3) is 7.73. The highest BCUT2D eigenvalue weighted by Crippen LogP contribution is 2.29. The summed E-state index contributed by atoms with van der Waals surface area (Å²) in [6, 6.07) is 4.81. The van der Waals surface area contributed by atoms with Crippen molar-refractivity contribution in [1.82, 2.24) is 15.5 Å². The summed E-state index contributed by atoms with van der Waals surface area (Å²) in [4.78, 5) is 17.4. The molecule has 0 radical (unpaired) electrons. The highest BCUT2D eigenvalue weighted by molar-refractivity contribution is 5.86. The normalized spacial score (nSPS) is 11.8. The molecule has 0 bridgehead atoms. The molecule has 0 saturated heterocycles. The number of hydrogen-bond acceptors (Lipinski definition) is 2.